The molecule has 0 amide bonds. The Morgan fingerprint density at radius 2 is 1.36 bits per heavy atom. The fourth-order valence-electron chi connectivity index (χ4n) is 8.68. The van der Waals surface area contributed by atoms with E-state index in [0.717, 1.165) is 61.4 Å². The third kappa shape index (κ3) is 12.4. The summed E-state index contributed by atoms with van der Waals surface area (Å²) in [5, 5.41) is 10.1. The summed E-state index contributed by atoms with van der Waals surface area (Å²) in [6, 6.07) is 0. The zero-order valence-electron chi connectivity index (χ0n) is 28.6. The maximum atomic E-state index is 12.5. The second kappa shape index (κ2) is 17.7. The van der Waals surface area contributed by atoms with Crippen LogP contribution in [0, 0.1) is 41.4 Å². The molecule has 0 spiro atoms. The molecule has 0 bridgehead atoms. The van der Waals surface area contributed by atoms with Crippen LogP contribution in [0.25, 0.3) is 0 Å². The normalized spacial score (nSPS) is 32.1. The van der Waals surface area contributed by atoms with Crippen LogP contribution in [0.3, 0.4) is 0 Å². The second-order valence-electron chi connectivity index (χ2n) is 15.6. The molecule has 1 N–H and O–H groups in total. The van der Waals surface area contributed by atoms with Gasteiger partial charge in [-0.3, -0.25) is 4.79 Å². The van der Waals surface area contributed by atoms with Crippen molar-refractivity contribution in [1.29, 1.82) is 0 Å². The Kier molecular flexibility index (Phi) is 15.1. The van der Waals surface area contributed by atoms with Crippen LogP contribution in [0.5, 0.6) is 0 Å². The molecular weight excluding hydrogens is 524 g/mol. The summed E-state index contributed by atoms with van der Waals surface area (Å²) in [5.41, 5.74) is -0.397. The predicted molar refractivity (Wildman–Crippen MR) is 172 cm³/mol. The van der Waals surface area contributed by atoms with Crippen molar-refractivity contribution in [3.05, 3.63) is 0 Å². The van der Waals surface area contributed by atoms with Crippen molar-refractivity contribution in [3.63, 3.8) is 0 Å². The summed E-state index contributed by atoms with van der Waals surface area (Å²) >= 11 is 0. The summed E-state index contributed by atoms with van der Waals surface area (Å²) < 4.78 is 17.7. The predicted octanol–water partition coefficient (Wildman–Crippen LogP) is 9.48. The van der Waals surface area contributed by atoms with E-state index in [-0.39, 0.29) is 18.4 Å². The molecule has 3 fully saturated rings. The van der Waals surface area contributed by atoms with E-state index < -0.39 is 5.60 Å². The first-order chi connectivity index (χ1) is 20.0. The topological polar surface area (TPSA) is 65.0 Å². The molecule has 5 heteroatoms. The molecule has 0 radical (unpaired) electrons. The second-order valence-corrected chi connectivity index (χ2v) is 15.6. The highest BCUT2D eigenvalue weighted by Gasteiger charge is 2.36. The van der Waals surface area contributed by atoms with Gasteiger partial charge in [0.25, 0.3) is 0 Å². The van der Waals surface area contributed by atoms with Gasteiger partial charge in [-0.1, -0.05) is 27.2 Å². The molecule has 4 atom stereocenters. The van der Waals surface area contributed by atoms with Gasteiger partial charge in [0.1, 0.15) is 5.60 Å². The zero-order chi connectivity index (χ0) is 30.7. The smallest absolute Gasteiger partial charge is 0.306 e. The average Bonchev–Trinajstić information content (AvgIpc) is 2.94. The van der Waals surface area contributed by atoms with Crippen LogP contribution in [0.15, 0.2) is 0 Å². The van der Waals surface area contributed by atoms with E-state index in [1.165, 1.54) is 83.5 Å². The van der Waals surface area contributed by atoms with Crippen molar-refractivity contribution < 1.29 is 24.1 Å². The molecule has 42 heavy (non-hydrogen) atoms. The average molecular weight is 593 g/mol. The van der Waals surface area contributed by atoms with Gasteiger partial charge < -0.3 is 19.3 Å². The van der Waals surface area contributed by atoms with Crippen molar-refractivity contribution >= 4 is 5.97 Å². The van der Waals surface area contributed by atoms with Crippen LogP contribution in [-0.2, 0) is 19.0 Å². The van der Waals surface area contributed by atoms with Gasteiger partial charge in [-0.25, -0.2) is 0 Å². The molecule has 0 saturated heterocycles. The first kappa shape index (κ1) is 35.8. The lowest BCUT2D eigenvalue weighted by Gasteiger charge is -2.41. The monoisotopic (exact) mass is 593 g/mol. The number of esters is 1. The molecule has 0 heterocycles. The van der Waals surface area contributed by atoms with Crippen LogP contribution < -0.4 is 0 Å². The number of hydrogen-bond acceptors (Lipinski definition) is 5. The van der Waals surface area contributed by atoms with E-state index >= 15 is 0 Å². The molecule has 5 nitrogen and oxygen atoms in total. The van der Waals surface area contributed by atoms with Gasteiger partial charge >= 0.3 is 5.97 Å². The standard InChI is InChI=1S/C37H68O5/c1-8-22-40-27(4)41-35-20-16-31(17-21-35)29(9-2)25-33(23-26(3)30-14-18-34(38)19-15-30)32-12-10-28(11-13-32)24-36(39)42-37(5,6)7/h26-35,38H,8-25H2,1-7H3. The molecule has 3 aliphatic carbocycles. The number of carbonyl (C=O) groups is 1. The molecule has 3 rings (SSSR count). The van der Waals surface area contributed by atoms with Crippen LogP contribution in [0.1, 0.15) is 158 Å². The van der Waals surface area contributed by atoms with Gasteiger partial charge in [-0.15, -0.1) is 0 Å². The Balaban J connectivity index is 1.58. The van der Waals surface area contributed by atoms with Gasteiger partial charge in [-0.2, -0.15) is 0 Å². The molecule has 4 unspecified atom stereocenters. The van der Waals surface area contributed by atoms with Crippen molar-refractivity contribution in [2.75, 3.05) is 6.61 Å². The van der Waals surface area contributed by atoms with Gasteiger partial charge in [0.05, 0.1) is 12.2 Å². The number of aliphatic hydroxyl groups excluding tert-OH is 1. The van der Waals surface area contributed by atoms with E-state index in [4.69, 9.17) is 14.2 Å². The number of hydrogen-bond donors (Lipinski definition) is 1. The Morgan fingerprint density at radius 3 is 1.93 bits per heavy atom. The quantitative estimate of drug-likeness (QED) is 0.152. The van der Waals surface area contributed by atoms with Gasteiger partial charge in [0, 0.05) is 13.0 Å². The van der Waals surface area contributed by atoms with E-state index in [1.54, 1.807) is 0 Å². The van der Waals surface area contributed by atoms with Crippen molar-refractivity contribution in [2.45, 2.75) is 182 Å². The Morgan fingerprint density at radius 1 is 0.786 bits per heavy atom. The minimum atomic E-state index is -0.397. The minimum Gasteiger partial charge on any atom is -0.460 e. The molecule has 3 aliphatic rings. The highest BCUT2D eigenvalue weighted by molar-refractivity contribution is 5.70. The highest BCUT2D eigenvalue weighted by Crippen LogP contribution is 2.45. The van der Waals surface area contributed by atoms with E-state index in [9.17, 15) is 9.90 Å². The van der Waals surface area contributed by atoms with Crippen LogP contribution in [0.4, 0.5) is 0 Å². The number of ether oxygens (including phenoxy) is 3. The lowest BCUT2D eigenvalue weighted by molar-refractivity contribution is -0.169. The summed E-state index contributed by atoms with van der Waals surface area (Å²) in [4.78, 5) is 12.5. The summed E-state index contributed by atoms with van der Waals surface area (Å²) in [7, 11) is 0. The van der Waals surface area contributed by atoms with Crippen LogP contribution in [-0.4, -0.2) is 41.8 Å². The highest BCUT2D eigenvalue weighted by atomic mass is 16.7. The maximum Gasteiger partial charge on any atom is 0.306 e. The fourth-order valence-corrected chi connectivity index (χ4v) is 8.68. The number of aliphatic hydroxyl groups is 1. The third-order valence-electron chi connectivity index (χ3n) is 11.1. The van der Waals surface area contributed by atoms with Crippen molar-refractivity contribution in [2.24, 2.45) is 41.4 Å². The molecule has 0 aromatic carbocycles. The van der Waals surface area contributed by atoms with E-state index in [2.05, 4.69) is 27.7 Å². The SMILES string of the molecule is CCCOC(C)OC1CCC(C(CC)CC(CC(C)C2CCC(O)CC2)C2CCC(CC(=O)OC(C)(C)C)CC2)CC1. The zero-order valence-corrected chi connectivity index (χ0v) is 28.6. The molecule has 0 aromatic rings. The molecule has 0 aliphatic heterocycles. The molecule has 0 aromatic heterocycles. The Labute approximate surface area is 259 Å². The summed E-state index contributed by atoms with van der Waals surface area (Å²) in [5.74, 6) is 5.12. The number of carbonyl (C=O) groups excluding carboxylic acids is 1. The number of rotatable bonds is 15. The molecule has 246 valence electrons. The Hall–Kier alpha value is -0.650. The lowest BCUT2D eigenvalue weighted by Crippen LogP contribution is -2.33. The first-order valence-corrected chi connectivity index (χ1v) is 18.1. The van der Waals surface area contributed by atoms with E-state index in [1.807, 2.05) is 20.8 Å². The van der Waals surface area contributed by atoms with Gasteiger partial charge in [0.2, 0.25) is 0 Å². The Bertz CT molecular complexity index is 738. The summed E-state index contributed by atoms with van der Waals surface area (Å²) in [6.45, 7) is 15.8. The van der Waals surface area contributed by atoms with Crippen LogP contribution in [0.2, 0.25) is 0 Å². The van der Waals surface area contributed by atoms with Crippen molar-refractivity contribution in [3.8, 4) is 0 Å². The molecular formula is C37H68O5. The van der Waals surface area contributed by atoms with Gasteiger partial charge in [0.15, 0.2) is 6.29 Å². The third-order valence-corrected chi connectivity index (χ3v) is 11.1. The van der Waals surface area contributed by atoms with Crippen molar-refractivity contribution in [1.82, 2.24) is 0 Å². The van der Waals surface area contributed by atoms with Crippen LogP contribution >= 0.6 is 0 Å². The lowest BCUT2D eigenvalue weighted by atomic mass is 9.65. The molecule has 3 saturated carbocycles. The minimum absolute atomic E-state index is 0.0208. The fraction of sp³-hybridized carbons (Fsp3) is 0.973. The maximum absolute atomic E-state index is 12.5. The van der Waals surface area contributed by atoms with E-state index in [0.29, 0.717) is 18.4 Å². The largest absolute Gasteiger partial charge is 0.460 e. The summed E-state index contributed by atoms with van der Waals surface area (Å²) in [6.07, 6.45) is 19.9. The van der Waals surface area contributed by atoms with Gasteiger partial charge in [-0.05, 0) is 165 Å². The first-order valence-electron chi connectivity index (χ1n) is 18.1.